The van der Waals surface area contributed by atoms with Crippen molar-refractivity contribution in [1.82, 2.24) is 10.3 Å². The van der Waals surface area contributed by atoms with Crippen molar-refractivity contribution in [2.75, 3.05) is 49.6 Å². The van der Waals surface area contributed by atoms with Crippen LogP contribution in [0.3, 0.4) is 0 Å². The number of hydrogen-bond acceptors (Lipinski definition) is 5. The van der Waals surface area contributed by atoms with Crippen LogP contribution in [0.15, 0.2) is 36.5 Å². The molecule has 6 nitrogen and oxygen atoms in total. The number of ether oxygens (including phenoxy) is 1. The van der Waals surface area contributed by atoms with E-state index in [-0.39, 0.29) is 17.5 Å². The van der Waals surface area contributed by atoms with Gasteiger partial charge in [-0.25, -0.2) is 9.37 Å². The molecule has 0 aliphatic carbocycles. The zero-order valence-corrected chi connectivity index (χ0v) is 15.7. The number of amides is 1. The van der Waals surface area contributed by atoms with Crippen molar-refractivity contribution in [2.24, 2.45) is 0 Å². The number of halogens is 1. The summed E-state index contributed by atoms with van der Waals surface area (Å²) in [4.78, 5) is 20.7. The minimum atomic E-state index is -0.351. The Bertz CT molecular complexity index is 774. The second kappa shape index (κ2) is 8.70. The molecule has 2 aromatic rings. The van der Waals surface area contributed by atoms with E-state index < -0.39 is 0 Å². The largest absolute Gasteiger partial charge is 0.494 e. The summed E-state index contributed by atoms with van der Waals surface area (Å²) < 4.78 is 18.9. The predicted octanol–water partition coefficient (Wildman–Crippen LogP) is 2.70. The Kier molecular flexibility index (Phi) is 6.11. The lowest BCUT2D eigenvalue weighted by Crippen LogP contribution is -2.46. The second-order valence-corrected chi connectivity index (χ2v) is 6.45. The van der Waals surface area contributed by atoms with Crippen LogP contribution < -0.4 is 19.9 Å². The number of nitrogens with one attached hydrogen (secondary N) is 1. The second-order valence-electron chi connectivity index (χ2n) is 6.45. The van der Waals surface area contributed by atoms with Gasteiger partial charge >= 0.3 is 0 Å². The molecule has 7 heteroatoms. The van der Waals surface area contributed by atoms with Crippen molar-refractivity contribution in [3.8, 4) is 5.75 Å². The van der Waals surface area contributed by atoms with Crippen molar-refractivity contribution >= 4 is 17.4 Å². The summed E-state index contributed by atoms with van der Waals surface area (Å²) in [7, 11) is 1.46. The number of carbonyl (C=O) groups is 1. The van der Waals surface area contributed by atoms with Crippen molar-refractivity contribution in [1.29, 1.82) is 0 Å². The Morgan fingerprint density at radius 3 is 2.52 bits per heavy atom. The highest BCUT2D eigenvalue weighted by Crippen LogP contribution is 2.25. The molecule has 1 aliphatic rings. The molecule has 1 N–H and O–H groups in total. The van der Waals surface area contributed by atoms with E-state index in [1.165, 1.54) is 13.2 Å². The molecule has 1 amide bonds. The molecular formula is C20H25FN4O2. The van der Waals surface area contributed by atoms with E-state index in [4.69, 9.17) is 4.74 Å². The van der Waals surface area contributed by atoms with Crippen LogP contribution in [0, 0.1) is 5.82 Å². The fourth-order valence-corrected chi connectivity index (χ4v) is 3.09. The van der Waals surface area contributed by atoms with Crippen LogP contribution in [0.2, 0.25) is 0 Å². The van der Waals surface area contributed by atoms with Crippen molar-refractivity contribution < 1.29 is 13.9 Å². The molecule has 1 fully saturated rings. The maximum atomic E-state index is 13.9. The summed E-state index contributed by atoms with van der Waals surface area (Å²) in [6.45, 7) is 5.78. The molecule has 2 heterocycles. The van der Waals surface area contributed by atoms with Crippen LogP contribution in [0.1, 0.15) is 23.7 Å². The third kappa shape index (κ3) is 4.48. The molecule has 144 valence electrons. The van der Waals surface area contributed by atoms with Gasteiger partial charge in [-0.15, -0.1) is 0 Å². The lowest BCUT2D eigenvalue weighted by atomic mass is 10.2. The average molecular weight is 372 g/mol. The highest BCUT2D eigenvalue weighted by molar-refractivity contribution is 5.94. The average Bonchev–Trinajstić information content (AvgIpc) is 2.72. The predicted molar refractivity (Wildman–Crippen MR) is 104 cm³/mol. The molecule has 1 aromatic heterocycles. The number of benzene rings is 1. The Morgan fingerprint density at radius 2 is 1.93 bits per heavy atom. The van der Waals surface area contributed by atoms with Crippen molar-refractivity contribution in [3.63, 3.8) is 0 Å². The SMILES string of the molecule is CCCNC(=O)c1ccc(N2CCN(c3ccc(OC)c(F)c3)CC2)nc1. The topological polar surface area (TPSA) is 57.7 Å². The zero-order chi connectivity index (χ0) is 19.2. The first-order chi connectivity index (χ1) is 13.1. The van der Waals surface area contributed by atoms with E-state index in [0.717, 1.165) is 44.1 Å². The molecule has 1 aliphatic heterocycles. The van der Waals surface area contributed by atoms with Gasteiger partial charge in [0.1, 0.15) is 5.82 Å². The van der Waals surface area contributed by atoms with Gasteiger partial charge < -0.3 is 19.9 Å². The summed E-state index contributed by atoms with van der Waals surface area (Å²) in [5.41, 5.74) is 1.42. The first kappa shape index (κ1) is 18.9. The summed E-state index contributed by atoms with van der Waals surface area (Å²) in [5.74, 6) is 0.658. The number of rotatable bonds is 6. The smallest absolute Gasteiger partial charge is 0.252 e. The molecule has 27 heavy (non-hydrogen) atoms. The molecule has 0 atom stereocenters. The molecule has 3 rings (SSSR count). The third-order valence-corrected chi connectivity index (χ3v) is 4.65. The third-order valence-electron chi connectivity index (χ3n) is 4.65. The van der Waals surface area contributed by atoms with Crippen LogP contribution in [0.25, 0.3) is 0 Å². The first-order valence-electron chi connectivity index (χ1n) is 9.20. The Morgan fingerprint density at radius 1 is 1.19 bits per heavy atom. The molecule has 0 radical (unpaired) electrons. The minimum absolute atomic E-state index is 0.0951. The number of piperazine rings is 1. The standard InChI is InChI=1S/C20H25FN4O2/c1-3-8-22-20(26)15-4-7-19(23-14-15)25-11-9-24(10-12-25)16-5-6-18(27-2)17(21)13-16/h4-7,13-14H,3,8-12H2,1-2H3,(H,22,26). The maximum absolute atomic E-state index is 13.9. The fraction of sp³-hybridized carbons (Fsp3) is 0.400. The van der Waals surface area contributed by atoms with E-state index >= 15 is 0 Å². The summed E-state index contributed by atoms with van der Waals surface area (Å²) >= 11 is 0. The number of carbonyl (C=O) groups excluding carboxylic acids is 1. The van der Waals surface area contributed by atoms with Gasteiger partial charge in [0.2, 0.25) is 0 Å². The number of aromatic nitrogens is 1. The van der Waals surface area contributed by atoms with E-state index in [2.05, 4.69) is 20.1 Å². The number of hydrogen-bond donors (Lipinski definition) is 1. The normalized spacial score (nSPS) is 14.2. The van der Waals surface area contributed by atoms with Crippen LogP contribution >= 0.6 is 0 Å². The number of nitrogens with zero attached hydrogens (tertiary/aromatic N) is 3. The van der Waals surface area contributed by atoms with E-state index in [0.29, 0.717) is 12.1 Å². The van der Waals surface area contributed by atoms with Crippen molar-refractivity contribution in [3.05, 3.63) is 47.9 Å². The molecule has 0 spiro atoms. The molecule has 1 saturated heterocycles. The molecule has 0 bridgehead atoms. The Hall–Kier alpha value is -2.83. The van der Waals surface area contributed by atoms with Gasteiger partial charge in [0.25, 0.3) is 5.91 Å². The summed E-state index contributed by atoms with van der Waals surface area (Å²) in [6, 6.07) is 8.72. The van der Waals surface area contributed by atoms with E-state index in [1.54, 1.807) is 18.3 Å². The van der Waals surface area contributed by atoms with Gasteiger partial charge in [0.05, 0.1) is 12.7 Å². The van der Waals surface area contributed by atoms with Gasteiger partial charge in [-0.2, -0.15) is 0 Å². The van der Waals surface area contributed by atoms with Gasteiger partial charge in [-0.3, -0.25) is 4.79 Å². The highest BCUT2D eigenvalue weighted by Gasteiger charge is 2.19. The summed E-state index contributed by atoms with van der Waals surface area (Å²) in [6.07, 6.45) is 2.52. The Labute approximate surface area is 158 Å². The lowest BCUT2D eigenvalue weighted by Gasteiger charge is -2.36. The quantitative estimate of drug-likeness (QED) is 0.845. The van der Waals surface area contributed by atoms with Crippen molar-refractivity contribution in [2.45, 2.75) is 13.3 Å². The van der Waals surface area contributed by atoms with E-state index in [1.807, 2.05) is 19.1 Å². The molecule has 0 unspecified atom stereocenters. The minimum Gasteiger partial charge on any atom is -0.494 e. The monoisotopic (exact) mass is 372 g/mol. The van der Waals surface area contributed by atoms with Gasteiger partial charge in [-0.05, 0) is 30.7 Å². The van der Waals surface area contributed by atoms with Crippen LogP contribution in [0.5, 0.6) is 5.75 Å². The van der Waals surface area contributed by atoms with Gasteiger partial charge in [-0.1, -0.05) is 6.92 Å². The van der Waals surface area contributed by atoms with Gasteiger partial charge in [0, 0.05) is 50.7 Å². The van der Waals surface area contributed by atoms with Gasteiger partial charge in [0.15, 0.2) is 11.6 Å². The lowest BCUT2D eigenvalue weighted by molar-refractivity contribution is 0.0953. The number of anilines is 2. The van der Waals surface area contributed by atoms with E-state index in [9.17, 15) is 9.18 Å². The summed E-state index contributed by atoms with van der Waals surface area (Å²) in [5, 5.41) is 2.85. The van der Waals surface area contributed by atoms with Crippen LogP contribution in [-0.4, -0.2) is 50.7 Å². The zero-order valence-electron chi connectivity index (χ0n) is 15.7. The molecule has 0 saturated carbocycles. The first-order valence-corrected chi connectivity index (χ1v) is 9.20. The Balaban J connectivity index is 1.59. The fourth-order valence-electron chi connectivity index (χ4n) is 3.09. The molecule has 1 aromatic carbocycles. The maximum Gasteiger partial charge on any atom is 0.252 e. The number of methoxy groups -OCH3 is 1. The highest BCUT2D eigenvalue weighted by atomic mass is 19.1. The number of pyridine rings is 1. The molecular weight excluding hydrogens is 347 g/mol. The van der Waals surface area contributed by atoms with Crippen LogP contribution in [-0.2, 0) is 0 Å². The van der Waals surface area contributed by atoms with Crippen LogP contribution in [0.4, 0.5) is 15.9 Å².